The number of methoxy groups -OCH3 is 1. The van der Waals surface area contributed by atoms with Crippen molar-refractivity contribution in [1.29, 1.82) is 0 Å². The highest BCUT2D eigenvalue weighted by Gasteiger charge is 2.68. The van der Waals surface area contributed by atoms with Gasteiger partial charge in [0, 0.05) is 29.9 Å². The quantitative estimate of drug-likeness (QED) is 0.791. The number of hydrogen-bond acceptors (Lipinski definition) is 6. The molecule has 2 saturated heterocycles. The highest BCUT2D eigenvalue weighted by Crippen LogP contribution is 2.64. The summed E-state index contributed by atoms with van der Waals surface area (Å²) in [5.74, 6) is 1.53. The number of nitrogens with zero attached hydrogens (tertiary/aromatic N) is 1. The van der Waals surface area contributed by atoms with Gasteiger partial charge in [-0.15, -0.1) is 0 Å². The lowest BCUT2D eigenvalue weighted by Crippen LogP contribution is -2.74. The Balaban J connectivity index is 1.58. The van der Waals surface area contributed by atoms with Gasteiger partial charge in [-0.3, -0.25) is 0 Å². The summed E-state index contributed by atoms with van der Waals surface area (Å²) in [5, 5.41) is 12.4. The number of piperidine rings is 1. The first-order chi connectivity index (χ1) is 15.5. The van der Waals surface area contributed by atoms with Gasteiger partial charge in [-0.05, 0) is 56.6 Å². The van der Waals surface area contributed by atoms with Crippen molar-refractivity contribution >= 4 is 0 Å². The lowest BCUT2D eigenvalue weighted by atomic mass is 9.48. The molecular weight excluding hydrogens is 406 g/mol. The van der Waals surface area contributed by atoms with E-state index < -0.39 is 16.8 Å². The van der Waals surface area contributed by atoms with Crippen LogP contribution in [0.2, 0.25) is 0 Å². The van der Waals surface area contributed by atoms with E-state index in [0.717, 1.165) is 30.7 Å². The molecule has 0 amide bonds. The molecule has 170 valence electrons. The molecule has 2 aliphatic heterocycles. The number of likely N-dealkylation sites (N-methyl/N-ethyl adjacent to an activating group) is 1. The van der Waals surface area contributed by atoms with Crippen molar-refractivity contribution in [3.05, 3.63) is 53.6 Å². The summed E-state index contributed by atoms with van der Waals surface area (Å²) in [4.78, 5) is 2.33. The fourth-order valence-electron chi connectivity index (χ4n) is 6.87. The molecule has 4 aliphatic rings. The third-order valence-electron chi connectivity index (χ3n) is 8.36. The summed E-state index contributed by atoms with van der Waals surface area (Å²) in [6, 6.07) is 14.0. The smallest absolute Gasteiger partial charge is 0.173 e. The molecule has 0 radical (unpaired) electrons. The number of fused-ring (bicyclic) bond motifs is 1. The lowest BCUT2D eigenvalue weighted by molar-refractivity contribution is -0.257. The van der Waals surface area contributed by atoms with Gasteiger partial charge >= 0.3 is 0 Å². The largest absolute Gasteiger partial charge is 0.493 e. The molecule has 2 heterocycles. The van der Waals surface area contributed by atoms with Gasteiger partial charge in [0.05, 0.1) is 25.9 Å². The van der Waals surface area contributed by atoms with Gasteiger partial charge in [-0.1, -0.05) is 24.3 Å². The van der Waals surface area contributed by atoms with Crippen LogP contribution in [0.15, 0.2) is 42.5 Å². The van der Waals surface area contributed by atoms with E-state index >= 15 is 0 Å². The predicted octanol–water partition coefficient (Wildman–Crippen LogP) is 3.64. The van der Waals surface area contributed by atoms with E-state index in [0.29, 0.717) is 44.0 Å². The van der Waals surface area contributed by atoms with Crippen LogP contribution in [0.4, 0.5) is 0 Å². The highest BCUT2D eigenvalue weighted by molar-refractivity contribution is 5.60. The van der Waals surface area contributed by atoms with Crippen molar-refractivity contribution in [3.8, 4) is 17.2 Å². The molecule has 6 heteroatoms. The Morgan fingerprint density at radius 3 is 2.56 bits per heavy atom. The topological polar surface area (TPSA) is 60.4 Å². The minimum absolute atomic E-state index is 0.0560. The predicted molar refractivity (Wildman–Crippen MR) is 119 cm³/mol. The number of para-hydroxylation sites is 1. The van der Waals surface area contributed by atoms with Crippen LogP contribution >= 0.6 is 0 Å². The molecule has 2 aromatic carbocycles. The molecule has 6 nitrogen and oxygen atoms in total. The minimum atomic E-state index is -0.880. The normalized spacial score (nSPS) is 32.9. The van der Waals surface area contributed by atoms with Crippen LogP contribution in [0.25, 0.3) is 0 Å². The second kappa shape index (κ2) is 7.19. The average molecular weight is 438 g/mol. The van der Waals surface area contributed by atoms with E-state index in [1.165, 1.54) is 5.56 Å². The maximum absolute atomic E-state index is 12.4. The van der Waals surface area contributed by atoms with E-state index in [-0.39, 0.29) is 6.04 Å². The molecule has 1 N–H and O–H groups in total. The molecule has 2 aromatic rings. The van der Waals surface area contributed by atoms with Gasteiger partial charge in [0.15, 0.2) is 17.3 Å². The zero-order valence-corrected chi connectivity index (χ0v) is 18.8. The second-order valence-corrected chi connectivity index (χ2v) is 9.79. The van der Waals surface area contributed by atoms with E-state index in [1.54, 1.807) is 7.11 Å². The van der Waals surface area contributed by atoms with E-state index in [2.05, 4.69) is 18.0 Å². The van der Waals surface area contributed by atoms with Crippen LogP contribution in [-0.4, -0.2) is 61.4 Å². The van der Waals surface area contributed by atoms with Crippen LogP contribution < -0.4 is 9.47 Å². The molecule has 0 aromatic heterocycles. The first-order valence-corrected chi connectivity index (χ1v) is 11.6. The van der Waals surface area contributed by atoms with Crippen LogP contribution in [0, 0.1) is 0 Å². The monoisotopic (exact) mass is 437 g/mol. The van der Waals surface area contributed by atoms with Gasteiger partial charge in [-0.25, -0.2) is 0 Å². The summed E-state index contributed by atoms with van der Waals surface area (Å²) in [7, 11) is 3.81. The summed E-state index contributed by atoms with van der Waals surface area (Å²) in [5.41, 5.74) is 0.881. The third-order valence-corrected chi connectivity index (χ3v) is 8.36. The summed E-state index contributed by atoms with van der Waals surface area (Å²) < 4.78 is 24.7. The maximum atomic E-state index is 12.4. The molecule has 2 bridgehead atoms. The van der Waals surface area contributed by atoms with Gasteiger partial charge in [0.1, 0.15) is 5.75 Å². The molecule has 0 unspecified atom stereocenters. The molecule has 3 fully saturated rings. The standard InChI is InChI=1S/C26H31NO5/c1-27-13-12-24-17-25(30-14-15-31-25)10-11-26(24,28)21(27)16-18-8-9-20(29-2)23(22(18)24)32-19-6-4-3-5-7-19/h3-9,21,28H,10-17H2,1-2H3/t21-,24+,26+/m0/s1. The first-order valence-electron chi connectivity index (χ1n) is 11.6. The van der Waals surface area contributed by atoms with Crippen molar-refractivity contribution in [2.75, 3.05) is 33.9 Å². The van der Waals surface area contributed by atoms with Crippen molar-refractivity contribution in [3.63, 3.8) is 0 Å². The molecule has 2 aliphatic carbocycles. The Labute approximate surface area is 189 Å². The van der Waals surface area contributed by atoms with Gasteiger partial charge in [-0.2, -0.15) is 0 Å². The first kappa shape index (κ1) is 20.5. The van der Waals surface area contributed by atoms with Crippen LogP contribution in [0.3, 0.4) is 0 Å². The Hall–Kier alpha value is -2.12. The van der Waals surface area contributed by atoms with Crippen LogP contribution in [-0.2, 0) is 21.3 Å². The second-order valence-electron chi connectivity index (χ2n) is 9.79. The van der Waals surface area contributed by atoms with Crippen molar-refractivity contribution in [2.24, 2.45) is 0 Å². The molecular formula is C26H31NO5. The SMILES string of the molecule is COc1ccc2c(c1Oc1ccccc1)[C@]13CCN(C)[C@@H](C2)[C@]1(O)CCC1(C3)OCCO1. The van der Waals surface area contributed by atoms with Gasteiger partial charge in [0.2, 0.25) is 0 Å². The third kappa shape index (κ3) is 2.73. The van der Waals surface area contributed by atoms with Gasteiger partial charge in [0.25, 0.3) is 0 Å². The number of rotatable bonds is 3. The molecule has 32 heavy (non-hydrogen) atoms. The molecule has 3 atom stereocenters. The lowest BCUT2D eigenvalue weighted by Gasteiger charge is -2.65. The zero-order valence-electron chi connectivity index (χ0n) is 18.8. The minimum Gasteiger partial charge on any atom is -0.493 e. The number of likely N-dealkylation sites (tertiary alicyclic amines) is 1. The fraction of sp³-hybridized carbons (Fsp3) is 0.538. The fourth-order valence-corrected chi connectivity index (χ4v) is 6.87. The number of hydrogen-bond donors (Lipinski definition) is 1. The summed E-state index contributed by atoms with van der Waals surface area (Å²) in [6.45, 7) is 2.12. The van der Waals surface area contributed by atoms with E-state index in [4.69, 9.17) is 18.9 Å². The van der Waals surface area contributed by atoms with Crippen LogP contribution in [0.1, 0.15) is 36.8 Å². The molecule has 6 rings (SSSR count). The number of benzene rings is 2. The summed E-state index contributed by atoms with van der Waals surface area (Å²) in [6.07, 6.45) is 3.59. The Bertz CT molecular complexity index is 1020. The number of ether oxygens (including phenoxy) is 4. The van der Waals surface area contributed by atoms with E-state index in [9.17, 15) is 5.11 Å². The number of aliphatic hydroxyl groups is 1. The van der Waals surface area contributed by atoms with E-state index in [1.807, 2.05) is 36.4 Å². The van der Waals surface area contributed by atoms with Crippen molar-refractivity contribution < 1.29 is 24.1 Å². The Morgan fingerprint density at radius 1 is 1.03 bits per heavy atom. The molecule has 1 saturated carbocycles. The van der Waals surface area contributed by atoms with Crippen LogP contribution in [0.5, 0.6) is 17.2 Å². The van der Waals surface area contributed by atoms with Crippen molar-refractivity contribution in [1.82, 2.24) is 4.90 Å². The zero-order chi connectivity index (χ0) is 22.0. The highest BCUT2D eigenvalue weighted by atomic mass is 16.7. The van der Waals surface area contributed by atoms with Gasteiger partial charge < -0.3 is 29.0 Å². The average Bonchev–Trinajstić information content (AvgIpc) is 3.25. The molecule has 1 spiro atoms. The Morgan fingerprint density at radius 2 is 1.81 bits per heavy atom. The Kier molecular flexibility index (Phi) is 4.60. The summed E-state index contributed by atoms with van der Waals surface area (Å²) >= 11 is 0. The van der Waals surface area contributed by atoms with Crippen molar-refractivity contribution in [2.45, 2.75) is 54.9 Å². The maximum Gasteiger partial charge on any atom is 0.173 e.